The minimum absolute atomic E-state index is 0.00961. The second-order valence-electron chi connectivity index (χ2n) is 5.91. The molecule has 1 aromatic carbocycles. The summed E-state index contributed by atoms with van der Waals surface area (Å²) in [6.45, 7) is 2.78. The highest BCUT2D eigenvalue weighted by atomic mass is 16.2. The Morgan fingerprint density at radius 2 is 2.00 bits per heavy atom. The zero-order valence-corrected chi connectivity index (χ0v) is 13.4. The lowest BCUT2D eigenvalue weighted by atomic mass is 9.97. The molecule has 4 rings (SSSR count). The molecule has 24 heavy (non-hydrogen) atoms. The maximum absolute atomic E-state index is 12.8. The molecule has 0 fully saturated rings. The summed E-state index contributed by atoms with van der Waals surface area (Å²) in [6.07, 6.45) is 4.48. The molecule has 0 bridgehead atoms. The molecular formula is C19H18N4O. The maximum Gasteiger partial charge on any atom is 0.273 e. The Morgan fingerprint density at radius 1 is 1.17 bits per heavy atom. The van der Waals surface area contributed by atoms with Gasteiger partial charge in [-0.25, -0.2) is 0 Å². The first-order valence-corrected chi connectivity index (χ1v) is 8.15. The number of hydrogen-bond acceptors (Lipinski definition) is 3. The van der Waals surface area contributed by atoms with Crippen LogP contribution in [-0.2, 0) is 0 Å². The molecule has 120 valence electrons. The van der Waals surface area contributed by atoms with E-state index in [0.717, 1.165) is 28.8 Å². The Hall–Kier alpha value is -2.95. The normalized spacial score (nSPS) is 16.5. The Balaban J connectivity index is 1.90. The number of carbonyl (C=O) groups excluding carboxylic acids is 1. The minimum atomic E-state index is -0.143. The van der Waals surface area contributed by atoms with Crippen LogP contribution in [0.1, 0.15) is 41.0 Å². The first kappa shape index (κ1) is 14.6. The van der Waals surface area contributed by atoms with E-state index in [0.29, 0.717) is 12.2 Å². The number of nitrogens with zero attached hydrogens (tertiary/aromatic N) is 3. The highest BCUT2D eigenvalue weighted by molar-refractivity contribution is 6.00. The van der Waals surface area contributed by atoms with Crippen LogP contribution in [-0.4, -0.2) is 32.5 Å². The van der Waals surface area contributed by atoms with Crippen LogP contribution in [0, 0.1) is 0 Å². The molecule has 0 radical (unpaired) electrons. The third kappa shape index (κ3) is 2.21. The number of nitrogens with one attached hydrogen (secondary N) is 1. The summed E-state index contributed by atoms with van der Waals surface area (Å²) in [5, 5.41) is 7.40. The van der Waals surface area contributed by atoms with Crippen LogP contribution in [0.25, 0.3) is 11.3 Å². The monoisotopic (exact) mass is 318 g/mol. The van der Waals surface area contributed by atoms with Crippen LogP contribution in [0.5, 0.6) is 0 Å². The van der Waals surface area contributed by atoms with E-state index < -0.39 is 0 Å². The molecule has 0 unspecified atom stereocenters. The molecule has 1 aliphatic rings. The van der Waals surface area contributed by atoms with Gasteiger partial charge in [-0.15, -0.1) is 0 Å². The lowest BCUT2D eigenvalue weighted by molar-refractivity contribution is 0.0744. The average Bonchev–Trinajstić information content (AvgIpc) is 3.17. The molecule has 0 saturated carbocycles. The number of benzene rings is 1. The van der Waals surface area contributed by atoms with Crippen LogP contribution in [0.15, 0.2) is 54.9 Å². The Kier molecular flexibility index (Phi) is 3.61. The summed E-state index contributed by atoms with van der Waals surface area (Å²) in [4.78, 5) is 19.0. The molecule has 0 saturated heterocycles. The van der Waals surface area contributed by atoms with E-state index >= 15 is 0 Å². The first-order valence-electron chi connectivity index (χ1n) is 8.15. The predicted octanol–water partition coefficient (Wildman–Crippen LogP) is 3.43. The van der Waals surface area contributed by atoms with Crippen LogP contribution in [0.3, 0.4) is 0 Å². The minimum Gasteiger partial charge on any atom is -0.326 e. The van der Waals surface area contributed by atoms with Crippen molar-refractivity contribution in [1.29, 1.82) is 0 Å². The second-order valence-corrected chi connectivity index (χ2v) is 5.91. The van der Waals surface area contributed by atoms with Crippen molar-refractivity contribution in [2.45, 2.75) is 19.4 Å². The van der Waals surface area contributed by atoms with Crippen molar-refractivity contribution >= 4 is 5.91 Å². The van der Waals surface area contributed by atoms with E-state index in [1.54, 1.807) is 6.20 Å². The first-order chi connectivity index (χ1) is 11.8. The van der Waals surface area contributed by atoms with Gasteiger partial charge in [0.05, 0.1) is 11.7 Å². The van der Waals surface area contributed by atoms with Gasteiger partial charge in [0.2, 0.25) is 0 Å². The van der Waals surface area contributed by atoms with Crippen molar-refractivity contribution in [3.05, 3.63) is 71.7 Å². The number of hydrogen-bond donors (Lipinski definition) is 1. The van der Waals surface area contributed by atoms with Gasteiger partial charge in [-0.05, 0) is 18.1 Å². The van der Waals surface area contributed by atoms with Gasteiger partial charge in [0.1, 0.15) is 5.69 Å². The molecule has 5 nitrogen and oxygen atoms in total. The van der Waals surface area contributed by atoms with Crippen LogP contribution in [0.4, 0.5) is 0 Å². The van der Waals surface area contributed by atoms with Gasteiger partial charge < -0.3 is 4.90 Å². The number of aromatic nitrogens is 3. The van der Waals surface area contributed by atoms with E-state index in [-0.39, 0.29) is 11.9 Å². The lowest BCUT2D eigenvalue weighted by Crippen LogP contribution is -2.30. The summed E-state index contributed by atoms with van der Waals surface area (Å²) < 4.78 is 0. The van der Waals surface area contributed by atoms with Gasteiger partial charge >= 0.3 is 0 Å². The molecule has 1 atom stereocenters. The van der Waals surface area contributed by atoms with E-state index in [1.165, 1.54) is 0 Å². The summed E-state index contributed by atoms with van der Waals surface area (Å²) in [6, 6.07) is 13.8. The summed E-state index contributed by atoms with van der Waals surface area (Å²) in [5.41, 5.74) is 4.40. The van der Waals surface area contributed by atoms with Crippen molar-refractivity contribution in [1.82, 2.24) is 20.1 Å². The van der Waals surface area contributed by atoms with Crippen LogP contribution < -0.4 is 0 Å². The van der Waals surface area contributed by atoms with E-state index in [9.17, 15) is 4.79 Å². The Labute approximate surface area is 140 Å². The zero-order valence-electron chi connectivity index (χ0n) is 13.4. The Morgan fingerprint density at radius 3 is 2.71 bits per heavy atom. The molecule has 1 aliphatic heterocycles. The largest absolute Gasteiger partial charge is 0.326 e. The number of pyridine rings is 1. The Bertz CT molecular complexity index is 858. The number of fused-ring (bicyclic) bond motifs is 1. The summed E-state index contributed by atoms with van der Waals surface area (Å²) in [5.74, 6) is 0.00961. The standard InChI is InChI=1S/C19H18N4O/c1-2-11-23-18(14-9-6-10-20-12-14)15-16(13-7-4-3-5-8-13)21-22-17(15)19(23)24/h3-10,12,18H,2,11H2,1H3,(H,21,22)/t18-/m1/s1. The SMILES string of the molecule is CCCN1C(=O)c2[nH]nc(-c3ccccc3)c2[C@H]1c1cccnc1. The quantitative estimate of drug-likeness (QED) is 0.801. The van der Waals surface area contributed by atoms with Crippen molar-refractivity contribution in [3.8, 4) is 11.3 Å². The molecule has 3 aromatic rings. The van der Waals surface area contributed by atoms with Crippen molar-refractivity contribution < 1.29 is 4.79 Å². The van der Waals surface area contributed by atoms with Crippen molar-refractivity contribution in [2.75, 3.05) is 6.54 Å². The molecule has 0 aliphatic carbocycles. The fourth-order valence-corrected chi connectivity index (χ4v) is 3.37. The molecule has 5 heteroatoms. The molecule has 1 N–H and O–H groups in total. The van der Waals surface area contributed by atoms with E-state index in [4.69, 9.17) is 0 Å². The fraction of sp³-hybridized carbons (Fsp3) is 0.211. The number of carbonyl (C=O) groups is 1. The van der Waals surface area contributed by atoms with Gasteiger partial charge in [0, 0.05) is 30.1 Å². The lowest BCUT2D eigenvalue weighted by Gasteiger charge is -2.25. The third-order valence-corrected chi connectivity index (χ3v) is 4.38. The van der Waals surface area contributed by atoms with E-state index in [1.807, 2.05) is 53.6 Å². The predicted molar refractivity (Wildman–Crippen MR) is 91.4 cm³/mol. The summed E-state index contributed by atoms with van der Waals surface area (Å²) >= 11 is 0. The van der Waals surface area contributed by atoms with Crippen LogP contribution in [0.2, 0.25) is 0 Å². The number of amides is 1. The number of aromatic amines is 1. The maximum atomic E-state index is 12.8. The smallest absolute Gasteiger partial charge is 0.273 e. The number of rotatable bonds is 4. The van der Waals surface area contributed by atoms with Gasteiger partial charge in [-0.3, -0.25) is 14.9 Å². The van der Waals surface area contributed by atoms with Crippen LogP contribution >= 0.6 is 0 Å². The third-order valence-electron chi connectivity index (χ3n) is 4.38. The second kappa shape index (κ2) is 5.92. The molecule has 1 amide bonds. The molecular weight excluding hydrogens is 300 g/mol. The van der Waals surface area contributed by atoms with Gasteiger partial charge in [0.25, 0.3) is 5.91 Å². The van der Waals surface area contributed by atoms with Gasteiger partial charge in [-0.2, -0.15) is 5.10 Å². The molecule has 3 heterocycles. The highest BCUT2D eigenvalue weighted by Gasteiger charge is 2.41. The molecule has 0 spiro atoms. The molecule has 2 aromatic heterocycles. The topological polar surface area (TPSA) is 61.9 Å². The van der Waals surface area contributed by atoms with Gasteiger partial charge in [-0.1, -0.05) is 43.3 Å². The fourth-order valence-electron chi connectivity index (χ4n) is 3.37. The van der Waals surface area contributed by atoms with Gasteiger partial charge in [0.15, 0.2) is 0 Å². The van der Waals surface area contributed by atoms with Crippen molar-refractivity contribution in [3.63, 3.8) is 0 Å². The van der Waals surface area contributed by atoms with Crippen molar-refractivity contribution in [2.24, 2.45) is 0 Å². The summed E-state index contributed by atoms with van der Waals surface area (Å²) in [7, 11) is 0. The zero-order chi connectivity index (χ0) is 16.5. The van der Waals surface area contributed by atoms with E-state index in [2.05, 4.69) is 22.1 Å². The number of H-pyrrole nitrogens is 1. The highest BCUT2D eigenvalue weighted by Crippen LogP contribution is 2.42. The average molecular weight is 318 g/mol.